The van der Waals surface area contributed by atoms with Gasteiger partial charge in [0.25, 0.3) is 0 Å². The van der Waals surface area contributed by atoms with Gasteiger partial charge >= 0.3 is 5.97 Å². The zero-order valence-electron chi connectivity index (χ0n) is 9.77. The molecule has 0 saturated carbocycles. The lowest BCUT2D eigenvalue weighted by molar-refractivity contribution is -0.137. The minimum atomic E-state index is -1.29. The van der Waals surface area contributed by atoms with Crippen molar-refractivity contribution in [1.29, 1.82) is 0 Å². The van der Waals surface area contributed by atoms with Crippen molar-refractivity contribution >= 4 is 5.97 Å². The van der Waals surface area contributed by atoms with Crippen LogP contribution in [-0.4, -0.2) is 17.7 Å². The van der Waals surface area contributed by atoms with E-state index in [4.69, 9.17) is 9.47 Å². The highest BCUT2D eigenvalue weighted by Crippen LogP contribution is 2.43. The number of hydrogen-bond acceptors (Lipinski definition) is 4. The quantitative estimate of drug-likeness (QED) is 0.625. The molecule has 1 N–H and O–H groups in total. The SMILES string of the molecule is CCOC(=O)/C=C1\Oc2ccccc2C1(C)O. The number of aliphatic hydroxyl groups is 1. The summed E-state index contributed by atoms with van der Waals surface area (Å²) in [6.45, 7) is 3.60. The number of carbonyl (C=O) groups excluding carboxylic acids is 1. The van der Waals surface area contributed by atoms with Gasteiger partial charge in [0, 0.05) is 5.56 Å². The first-order chi connectivity index (χ1) is 8.05. The summed E-state index contributed by atoms with van der Waals surface area (Å²) >= 11 is 0. The molecule has 0 radical (unpaired) electrons. The van der Waals surface area contributed by atoms with Crippen LogP contribution in [0.1, 0.15) is 19.4 Å². The predicted octanol–water partition coefficient (Wildman–Crippen LogP) is 1.73. The van der Waals surface area contributed by atoms with Crippen LogP contribution < -0.4 is 4.74 Å². The van der Waals surface area contributed by atoms with Gasteiger partial charge in [-0.3, -0.25) is 0 Å². The molecule has 1 aliphatic rings. The molecule has 1 aromatic carbocycles. The maximum Gasteiger partial charge on any atom is 0.334 e. The van der Waals surface area contributed by atoms with Crippen molar-refractivity contribution in [2.24, 2.45) is 0 Å². The summed E-state index contributed by atoms with van der Waals surface area (Å²) in [5.41, 5.74) is -0.640. The number of carbonyl (C=O) groups is 1. The number of benzene rings is 1. The van der Waals surface area contributed by atoms with Crippen LogP contribution in [0.5, 0.6) is 5.75 Å². The summed E-state index contributed by atoms with van der Waals surface area (Å²) in [7, 11) is 0. The van der Waals surface area contributed by atoms with Crippen molar-refractivity contribution in [3.8, 4) is 5.75 Å². The number of rotatable bonds is 2. The first-order valence-electron chi connectivity index (χ1n) is 5.44. The fourth-order valence-electron chi connectivity index (χ4n) is 1.77. The minimum absolute atomic E-state index is 0.192. The van der Waals surface area contributed by atoms with Crippen molar-refractivity contribution in [3.63, 3.8) is 0 Å². The van der Waals surface area contributed by atoms with Crippen molar-refractivity contribution in [3.05, 3.63) is 41.7 Å². The van der Waals surface area contributed by atoms with Gasteiger partial charge in [-0.25, -0.2) is 4.79 Å². The highest BCUT2D eigenvalue weighted by molar-refractivity contribution is 5.83. The lowest BCUT2D eigenvalue weighted by atomic mass is 9.95. The van der Waals surface area contributed by atoms with E-state index in [1.54, 1.807) is 26.0 Å². The maximum absolute atomic E-state index is 11.3. The number of ether oxygens (including phenoxy) is 2. The van der Waals surface area contributed by atoms with Crippen molar-refractivity contribution in [2.45, 2.75) is 19.4 Å². The van der Waals surface area contributed by atoms with Crippen LogP contribution in [-0.2, 0) is 15.1 Å². The second-order valence-corrected chi connectivity index (χ2v) is 3.93. The molecule has 4 nitrogen and oxygen atoms in total. The summed E-state index contributed by atoms with van der Waals surface area (Å²) in [4.78, 5) is 11.3. The van der Waals surface area contributed by atoms with Crippen LogP contribution in [0.25, 0.3) is 0 Å². The van der Waals surface area contributed by atoms with E-state index in [1.807, 2.05) is 12.1 Å². The Balaban J connectivity index is 2.34. The molecule has 0 amide bonds. The van der Waals surface area contributed by atoms with E-state index in [9.17, 15) is 9.90 Å². The molecule has 0 aromatic heterocycles. The molecule has 17 heavy (non-hydrogen) atoms. The van der Waals surface area contributed by atoms with E-state index in [0.717, 1.165) is 0 Å². The molecular formula is C13H14O4. The van der Waals surface area contributed by atoms with Gasteiger partial charge in [0.1, 0.15) is 17.1 Å². The zero-order valence-corrected chi connectivity index (χ0v) is 9.77. The van der Waals surface area contributed by atoms with Crippen LogP contribution >= 0.6 is 0 Å². The average Bonchev–Trinajstić information content (AvgIpc) is 2.52. The molecule has 1 aliphatic heterocycles. The Hall–Kier alpha value is -1.81. The maximum atomic E-state index is 11.3. The third kappa shape index (κ3) is 2.03. The van der Waals surface area contributed by atoms with Gasteiger partial charge in [-0.2, -0.15) is 0 Å². The Labute approximate surface area is 99.5 Å². The first-order valence-corrected chi connectivity index (χ1v) is 5.44. The highest BCUT2D eigenvalue weighted by Gasteiger charge is 2.39. The summed E-state index contributed by atoms with van der Waals surface area (Å²) < 4.78 is 10.2. The summed E-state index contributed by atoms with van der Waals surface area (Å²) in [5.74, 6) is 0.237. The van der Waals surface area contributed by atoms with Gasteiger partial charge in [0.15, 0.2) is 0 Å². The highest BCUT2D eigenvalue weighted by atomic mass is 16.5. The van der Waals surface area contributed by atoms with Gasteiger partial charge in [-0.05, 0) is 19.9 Å². The summed E-state index contributed by atoms with van der Waals surface area (Å²) in [6, 6.07) is 7.13. The van der Waals surface area contributed by atoms with E-state index in [-0.39, 0.29) is 12.4 Å². The van der Waals surface area contributed by atoms with Gasteiger partial charge in [0.05, 0.1) is 12.7 Å². The van der Waals surface area contributed by atoms with Crippen LogP contribution in [0.3, 0.4) is 0 Å². The third-order valence-electron chi connectivity index (χ3n) is 2.65. The molecule has 4 heteroatoms. The topological polar surface area (TPSA) is 55.8 Å². The van der Waals surface area contributed by atoms with Crippen molar-refractivity contribution < 1.29 is 19.4 Å². The second-order valence-electron chi connectivity index (χ2n) is 3.93. The number of fused-ring (bicyclic) bond motifs is 1. The first kappa shape index (κ1) is 11.7. The largest absolute Gasteiger partial charge is 0.463 e. The standard InChI is InChI=1S/C13H14O4/c1-3-16-12(14)8-11-13(2,15)9-6-4-5-7-10(9)17-11/h4-8,15H,3H2,1-2H3/b11-8-. The number of hydrogen-bond donors (Lipinski definition) is 1. The Morgan fingerprint density at radius 1 is 1.53 bits per heavy atom. The van der Waals surface area contributed by atoms with E-state index in [1.165, 1.54) is 6.08 Å². The van der Waals surface area contributed by atoms with Gasteiger partial charge in [0.2, 0.25) is 0 Å². The van der Waals surface area contributed by atoms with Crippen LogP contribution in [0, 0.1) is 0 Å². The molecule has 1 atom stereocenters. The molecule has 0 fully saturated rings. The Kier molecular flexibility index (Phi) is 2.90. The Bertz CT molecular complexity index is 474. The minimum Gasteiger partial charge on any atom is -0.463 e. The molecule has 0 saturated heterocycles. The normalized spacial score (nSPS) is 24.3. The van der Waals surface area contributed by atoms with Crippen LogP contribution in [0.2, 0.25) is 0 Å². The Morgan fingerprint density at radius 2 is 2.24 bits per heavy atom. The fourth-order valence-corrected chi connectivity index (χ4v) is 1.77. The second kappa shape index (κ2) is 4.22. The smallest absolute Gasteiger partial charge is 0.334 e. The molecule has 0 aliphatic carbocycles. The molecule has 2 rings (SSSR count). The van der Waals surface area contributed by atoms with Gasteiger partial charge < -0.3 is 14.6 Å². The molecule has 1 heterocycles. The van der Waals surface area contributed by atoms with E-state index in [2.05, 4.69) is 0 Å². The number of esters is 1. The fraction of sp³-hybridized carbons (Fsp3) is 0.308. The summed E-state index contributed by atoms with van der Waals surface area (Å²) in [5, 5.41) is 10.3. The molecule has 0 bridgehead atoms. The lowest BCUT2D eigenvalue weighted by Crippen LogP contribution is -2.22. The van der Waals surface area contributed by atoms with Crippen LogP contribution in [0.15, 0.2) is 36.1 Å². The molecule has 1 unspecified atom stereocenters. The van der Waals surface area contributed by atoms with E-state index >= 15 is 0 Å². The van der Waals surface area contributed by atoms with Gasteiger partial charge in [-0.15, -0.1) is 0 Å². The molecule has 0 spiro atoms. The van der Waals surface area contributed by atoms with Crippen molar-refractivity contribution in [1.82, 2.24) is 0 Å². The van der Waals surface area contributed by atoms with E-state index in [0.29, 0.717) is 11.3 Å². The monoisotopic (exact) mass is 234 g/mol. The van der Waals surface area contributed by atoms with E-state index < -0.39 is 11.6 Å². The molecular weight excluding hydrogens is 220 g/mol. The average molecular weight is 234 g/mol. The lowest BCUT2D eigenvalue weighted by Gasteiger charge is -2.16. The predicted molar refractivity (Wildman–Crippen MR) is 61.4 cm³/mol. The number of para-hydroxylation sites is 1. The zero-order chi connectivity index (χ0) is 12.5. The molecule has 90 valence electrons. The van der Waals surface area contributed by atoms with Gasteiger partial charge in [-0.1, -0.05) is 18.2 Å². The van der Waals surface area contributed by atoms with Crippen LogP contribution in [0.4, 0.5) is 0 Å². The molecule has 1 aromatic rings. The third-order valence-corrected chi connectivity index (χ3v) is 2.65. The van der Waals surface area contributed by atoms with Crippen molar-refractivity contribution in [2.75, 3.05) is 6.61 Å². The summed E-state index contributed by atoms with van der Waals surface area (Å²) in [6.07, 6.45) is 1.18. The Morgan fingerprint density at radius 3 is 2.88 bits per heavy atom.